The SMILES string of the molecule is c1ccc(CCN2CCC3(CCN(Cc4ccccc4)C3)C2)cc1. The number of likely N-dealkylation sites (tertiary alicyclic amines) is 2. The minimum atomic E-state index is 0.561. The molecule has 2 nitrogen and oxygen atoms in total. The average Bonchev–Trinajstić information content (AvgIpc) is 3.21. The van der Waals surface area contributed by atoms with Crippen LogP contribution < -0.4 is 0 Å². The lowest BCUT2D eigenvalue weighted by Crippen LogP contribution is -2.31. The molecule has 2 aliphatic heterocycles. The van der Waals surface area contributed by atoms with Crippen molar-refractivity contribution in [2.75, 3.05) is 32.7 Å². The Morgan fingerprint density at radius 3 is 2.00 bits per heavy atom. The lowest BCUT2D eigenvalue weighted by atomic mass is 9.86. The van der Waals surface area contributed by atoms with Gasteiger partial charge in [0.15, 0.2) is 0 Å². The molecule has 126 valence electrons. The van der Waals surface area contributed by atoms with Crippen LogP contribution in [0.5, 0.6) is 0 Å². The highest BCUT2D eigenvalue weighted by Crippen LogP contribution is 2.39. The molecule has 2 heteroatoms. The molecule has 0 N–H and O–H groups in total. The fourth-order valence-corrected chi connectivity index (χ4v) is 4.49. The van der Waals surface area contributed by atoms with Gasteiger partial charge in [-0.1, -0.05) is 60.7 Å². The molecule has 1 atom stereocenters. The maximum absolute atomic E-state index is 2.69. The van der Waals surface area contributed by atoms with E-state index in [9.17, 15) is 0 Å². The summed E-state index contributed by atoms with van der Waals surface area (Å²) in [7, 11) is 0. The molecule has 0 radical (unpaired) electrons. The Kier molecular flexibility index (Phi) is 4.68. The molecule has 2 heterocycles. The highest BCUT2D eigenvalue weighted by atomic mass is 15.2. The molecular formula is C22H28N2. The Morgan fingerprint density at radius 1 is 0.708 bits per heavy atom. The molecule has 24 heavy (non-hydrogen) atoms. The van der Waals surface area contributed by atoms with E-state index < -0.39 is 0 Å². The van der Waals surface area contributed by atoms with Crippen molar-refractivity contribution in [2.45, 2.75) is 25.8 Å². The predicted octanol–water partition coefficient (Wildman–Crippen LogP) is 3.83. The van der Waals surface area contributed by atoms with E-state index in [1.807, 2.05) is 0 Å². The van der Waals surface area contributed by atoms with E-state index in [1.54, 1.807) is 0 Å². The summed E-state index contributed by atoms with van der Waals surface area (Å²) in [6.07, 6.45) is 3.94. The first-order valence-corrected chi connectivity index (χ1v) is 9.34. The summed E-state index contributed by atoms with van der Waals surface area (Å²) in [6.45, 7) is 7.46. The lowest BCUT2D eigenvalue weighted by Gasteiger charge is -2.25. The third-order valence-electron chi connectivity index (χ3n) is 5.84. The van der Waals surface area contributed by atoms with Crippen molar-refractivity contribution in [3.05, 3.63) is 71.8 Å². The van der Waals surface area contributed by atoms with Crippen LogP contribution in [-0.4, -0.2) is 42.5 Å². The second-order valence-corrected chi connectivity index (χ2v) is 7.71. The largest absolute Gasteiger partial charge is 0.302 e. The predicted molar refractivity (Wildman–Crippen MR) is 100.0 cm³/mol. The van der Waals surface area contributed by atoms with Gasteiger partial charge in [0, 0.05) is 26.2 Å². The van der Waals surface area contributed by atoms with Gasteiger partial charge in [-0.05, 0) is 48.9 Å². The van der Waals surface area contributed by atoms with E-state index in [1.165, 1.54) is 63.1 Å². The minimum absolute atomic E-state index is 0.561. The maximum atomic E-state index is 2.69. The number of benzene rings is 2. The number of nitrogens with zero attached hydrogens (tertiary/aromatic N) is 2. The summed E-state index contributed by atoms with van der Waals surface area (Å²) in [4.78, 5) is 5.36. The van der Waals surface area contributed by atoms with Crippen molar-refractivity contribution in [1.82, 2.24) is 9.80 Å². The summed E-state index contributed by atoms with van der Waals surface area (Å²) < 4.78 is 0. The minimum Gasteiger partial charge on any atom is -0.302 e. The Morgan fingerprint density at radius 2 is 1.29 bits per heavy atom. The highest BCUT2D eigenvalue weighted by molar-refractivity contribution is 5.16. The van der Waals surface area contributed by atoms with Crippen LogP contribution in [0.15, 0.2) is 60.7 Å². The van der Waals surface area contributed by atoms with E-state index in [2.05, 4.69) is 70.5 Å². The van der Waals surface area contributed by atoms with Crippen LogP contribution in [0, 0.1) is 5.41 Å². The number of rotatable bonds is 5. The topological polar surface area (TPSA) is 6.48 Å². The van der Waals surface area contributed by atoms with Crippen LogP contribution in [-0.2, 0) is 13.0 Å². The lowest BCUT2D eigenvalue weighted by molar-refractivity contribution is 0.238. The molecule has 0 bridgehead atoms. The van der Waals surface area contributed by atoms with Crippen LogP contribution in [0.3, 0.4) is 0 Å². The summed E-state index contributed by atoms with van der Waals surface area (Å²) in [6, 6.07) is 21.8. The summed E-state index contributed by atoms with van der Waals surface area (Å²) in [5.74, 6) is 0. The van der Waals surface area contributed by atoms with E-state index in [0.29, 0.717) is 5.41 Å². The van der Waals surface area contributed by atoms with Crippen molar-refractivity contribution in [3.8, 4) is 0 Å². The zero-order valence-electron chi connectivity index (χ0n) is 14.5. The van der Waals surface area contributed by atoms with Gasteiger partial charge in [-0.15, -0.1) is 0 Å². The van der Waals surface area contributed by atoms with Crippen molar-refractivity contribution < 1.29 is 0 Å². The molecular weight excluding hydrogens is 292 g/mol. The second kappa shape index (κ2) is 7.08. The van der Waals surface area contributed by atoms with E-state index in [0.717, 1.165) is 6.54 Å². The van der Waals surface area contributed by atoms with Crippen molar-refractivity contribution in [3.63, 3.8) is 0 Å². The van der Waals surface area contributed by atoms with Gasteiger partial charge in [0.25, 0.3) is 0 Å². The molecule has 2 saturated heterocycles. The fourth-order valence-electron chi connectivity index (χ4n) is 4.49. The van der Waals surface area contributed by atoms with Crippen LogP contribution in [0.25, 0.3) is 0 Å². The maximum Gasteiger partial charge on any atom is 0.0233 e. The van der Waals surface area contributed by atoms with Gasteiger partial charge in [0.05, 0.1) is 0 Å². The van der Waals surface area contributed by atoms with Gasteiger partial charge in [-0.3, -0.25) is 4.90 Å². The Balaban J connectivity index is 1.28. The van der Waals surface area contributed by atoms with Gasteiger partial charge >= 0.3 is 0 Å². The third-order valence-corrected chi connectivity index (χ3v) is 5.84. The zero-order valence-corrected chi connectivity index (χ0v) is 14.5. The third kappa shape index (κ3) is 3.71. The monoisotopic (exact) mass is 320 g/mol. The van der Waals surface area contributed by atoms with Crippen molar-refractivity contribution in [2.24, 2.45) is 5.41 Å². The van der Waals surface area contributed by atoms with Crippen LogP contribution >= 0.6 is 0 Å². The first-order chi connectivity index (χ1) is 11.8. The summed E-state index contributed by atoms with van der Waals surface area (Å²) in [5.41, 5.74) is 3.48. The van der Waals surface area contributed by atoms with Crippen LogP contribution in [0.4, 0.5) is 0 Å². The molecule has 2 aromatic rings. The van der Waals surface area contributed by atoms with Crippen molar-refractivity contribution in [1.29, 1.82) is 0 Å². The molecule has 0 amide bonds. The fraction of sp³-hybridized carbons (Fsp3) is 0.455. The van der Waals surface area contributed by atoms with E-state index >= 15 is 0 Å². The van der Waals surface area contributed by atoms with E-state index in [4.69, 9.17) is 0 Å². The molecule has 2 fully saturated rings. The van der Waals surface area contributed by atoms with Gasteiger partial charge in [0.1, 0.15) is 0 Å². The molecule has 1 unspecified atom stereocenters. The van der Waals surface area contributed by atoms with Gasteiger partial charge in [-0.2, -0.15) is 0 Å². The molecule has 1 spiro atoms. The molecule has 4 rings (SSSR count). The van der Waals surface area contributed by atoms with Gasteiger partial charge in [-0.25, -0.2) is 0 Å². The molecule has 0 saturated carbocycles. The number of hydrogen-bond acceptors (Lipinski definition) is 2. The second-order valence-electron chi connectivity index (χ2n) is 7.71. The first kappa shape index (κ1) is 15.9. The Hall–Kier alpha value is -1.64. The smallest absolute Gasteiger partial charge is 0.0233 e. The van der Waals surface area contributed by atoms with Crippen LogP contribution in [0.1, 0.15) is 24.0 Å². The molecule has 2 aromatic carbocycles. The van der Waals surface area contributed by atoms with Gasteiger partial charge < -0.3 is 4.90 Å². The first-order valence-electron chi connectivity index (χ1n) is 9.34. The summed E-state index contributed by atoms with van der Waals surface area (Å²) >= 11 is 0. The highest BCUT2D eigenvalue weighted by Gasteiger charge is 2.42. The molecule has 0 aliphatic carbocycles. The quantitative estimate of drug-likeness (QED) is 0.826. The van der Waals surface area contributed by atoms with Crippen LogP contribution in [0.2, 0.25) is 0 Å². The average molecular weight is 320 g/mol. The van der Waals surface area contributed by atoms with Gasteiger partial charge in [0.2, 0.25) is 0 Å². The number of hydrogen-bond donors (Lipinski definition) is 0. The van der Waals surface area contributed by atoms with E-state index in [-0.39, 0.29) is 0 Å². The molecule has 2 aliphatic rings. The standard InChI is InChI=1S/C22H28N2/c1-3-7-20(8-4-1)11-14-23-15-12-22(18-23)13-16-24(19-22)17-21-9-5-2-6-10-21/h1-10H,11-19H2. The molecule has 0 aromatic heterocycles. The summed E-state index contributed by atoms with van der Waals surface area (Å²) in [5, 5.41) is 0. The Bertz CT molecular complexity index is 640. The normalized spacial score (nSPS) is 24.8. The zero-order chi connectivity index (χ0) is 16.2. The van der Waals surface area contributed by atoms with Crippen molar-refractivity contribution >= 4 is 0 Å². The Labute approximate surface area is 146 Å².